The highest BCUT2D eigenvalue weighted by molar-refractivity contribution is 9.10. The molecule has 0 aliphatic carbocycles. The number of imide groups is 1. The number of rotatable bonds is 2. The molecule has 1 saturated heterocycles. The van der Waals surface area contributed by atoms with Crippen LogP contribution in [0.2, 0.25) is 0 Å². The van der Waals surface area contributed by atoms with Crippen molar-refractivity contribution in [2.45, 2.75) is 16.2 Å². The lowest BCUT2D eigenvalue weighted by Crippen LogP contribution is -2.32. The average molecular weight is 479 g/mol. The van der Waals surface area contributed by atoms with Crippen LogP contribution >= 0.6 is 50.4 Å². The standard InChI is InChI=1S/C18H11BrN2O3S3/c19-8-3-5-9(6-4-8)21-16(22)12-11(10-2-1-7-25-10)13-15(20-18(24)27-13)26-14(12)17(21)23/h1-7,11-12,14H,(H,20,24)/t11-,12?,14?/m1/s1. The summed E-state index contributed by atoms with van der Waals surface area (Å²) in [5.41, 5.74) is 0.574. The zero-order chi connectivity index (χ0) is 18.7. The second-order valence-electron chi connectivity index (χ2n) is 6.25. The Labute approximate surface area is 174 Å². The Kier molecular flexibility index (Phi) is 4.15. The summed E-state index contributed by atoms with van der Waals surface area (Å²) in [7, 11) is 0. The average Bonchev–Trinajstić information content (AvgIpc) is 3.34. The number of aromatic nitrogens is 1. The first-order valence-corrected chi connectivity index (χ1v) is 11.5. The molecule has 2 aromatic heterocycles. The largest absolute Gasteiger partial charge is 0.307 e. The van der Waals surface area contributed by atoms with Crippen molar-refractivity contribution in [2.24, 2.45) is 5.92 Å². The predicted molar refractivity (Wildman–Crippen MR) is 111 cm³/mol. The second-order valence-corrected chi connectivity index (χ2v) is 10.3. The maximum Gasteiger partial charge on any atom is 0.305 e. The lowest BCUT2D eigenvalue weighted by atomic mass is 9.87. The summed E-state index contributed by atoms with van der Waals surface area (Å²) in [5.74, 6) is -1.21. The minimum atomic E-state index is -0.536. The van der Waals surface area contributed by atoms with Crippen molar-refractivity contribution in [3.05, 3.63) is 65.7 Å². The molecule has 0 spiro atoms. The van der Waals surface area contributed by atoms with Crippen LogP contribution in [0.3, 0.4) is 0 Å². The number of fused-ring (bicyclic) bond motifs is 2. The number of thiophene rings is 1. The monoisotopic (exact) mass is 478 g/mol. The van der Waals surface area contributed by atoms with E-state index in [2.05, 4.69) is 20.9 Å². The van der Waals surface area contributed by atoms with Crippen LogP contribution in [-0.2, 0) is 9.59 Å². The molecule has 2 amide bonds. The van der Waals surface area contributed by atoms with Gasteiger partial charge >= 0.3 is 4.87 Å². The van der Waals surface area contributed by atoms with Gasteiger partial charge in [-0.05, 0) is 35.7 Å². The van der Waals surface area contributed by atoms with Gasteiger partial charge < -0.3 is 4.98 Å². The summed E-state index contributed by atoms with van der Waals surface area (Å²) in [4.78, 5) is 44.3. The first-order chi connectivity index (χ1) is 13.0. The molecule has 5 rings (SSSR count). The fraction of sp³-hybridized carbons (Fsp3) is 0.167. The van der Waals surface area contributed by atoms with E-state index in [-0.39, 0.29) is 22.6 Å². The minimum absolute atomic E-state index is 0.154. The van der Waals surface area contributed by atoms with Crippen molar-refractivity contribution >= 4 is 67.9 Å². The van der Waals surface area contributed by atoms with Crippen LogP contribution in [0.4, 0.5) is 5.69 Å². The summed E-state index contributed by atoms with van der Waals surface area (Å²) >= 11 is 7.36. The van der Waals surface area contributed by atoms with E-state index >= 15 is 0 Å². The molecule has 2 unspecified atom stereocenters. The molecule has 3 aromatic rings. The van der Waals surface area contributed by atoms with Crippen molar-refractivity contribution in [3.63, 3.8) is 0 Å². The molecule has 2 aliphatic heterocycles. The van der Waals surface area contributed by atoms with Gasteiger partial charge in [-0.25, -0.2) is 4.90 Å². The Morgan fingerprint density at radius 2 is 1.81 bits per heavy atom. The lowest BCUT2D eigenvalue weighted by Gasteiger charge is -2.28. The smallest absolute Gasteiger partial charge is 0.305 e. The van der Waals surface area contributed by atoms with E-state index in [0.29, 0.717) is 10.7 Å². The van der Waals surface area contributed by atoms with Crippen LogP contribution in [0, 0.1) is 5.92 Å². The van der Waals surface area contributed by atoms with Gasteiger partial charge in [0.25, 0.3) is 0 Å². The number of nitrogens with one attached hydrogen (secondary N) is 1. The van der Waals surface area contributed by atoms with Gasteiger partial charge in [0.2, 0.25) is 11.8 Å². The molecule has 1 aromatic carbocycles. The number of amides is 2. The number of H-pyrrole nitrogens is 1. The zero-order valence-corrected chi connectivity index (χ0v) is 17.6. The van der Waals surface area contributed by atoms with E-state index in [1.807, 2.05) is 29.6 Å². The van der Waals surface area contributed by atoms with Gasteiger partial charge in [-0.2, -0.15) is 0 Å². The molecule has 2 aliphatic rings. The number of nitrogens with zero attached hydrogens (tertiary/aromatic N) is 1. The quantitative estimate of drug-likeness (QED) is 0.563. The van der Waals surface area contributed by atoms with Gasteiger partial charge in [0.1, 0.15) is 5.25 Å². The fourth-order valence-electron chi connectivity index (χ4n) is 3.64. The van der Waals surface area contributed by atoms with Crippen LogP contribution in [0.5, 0.6) is 0 Å². The molecule has 136 valence electrons. The van der Waals surface area contributed by atoms with Crippen LogP contribution < -0.4 is 9.77 Å². The number of hydrogen-bond acceptors (Lipinski definition) is 6. The Bertz CT molecular complexity index is 1100. The molecular formula is C18H11BrN2O3S3. The van der Waals surface area contributed by atoms with Gasteiger partial charge in [-0.3, -0.25) is 14.4 Å². The van der Waals surface area contributed by atoms with E-state index in [0.717, 1.165) is 25.6 Å². The Morgan fingerprint density at radius 3 is 2.52 bits per heavy atom. The molecule has 0 saturated carbocycles. The molecule has 1 N–H and O–H groups in total. The van der Waals surface area contributed by atoms with Crippen molar-refractivity contribution in [1.29, 1.82) is 0 Å². The first-order valence-electron chi connectivity index (χ1n) is 8.11. The predicted octanol–water partition coefficient (Wildman–Crippen LogP) is 4.06. The third-order valence-electron chi connectivity index (χ3n) is 4.76. The molecule has 9 heteroatoms. The van der Waals surface area contributed by atoms with Gasteiger partial charge in [-0.1, -0.05) is 45.1 Å². The molecule has 3 atom stereocenters. The molecular weight excluding hydrogens is 468 g/mol. The molecule has 27 heavy (non-hydrogen) atoms. The van der Waals surface area contributed by atoms with Crippen LogP contribution in [0.1, 0.15) is 15.7 Å². The number of anilines is 1. The molecule has 0 radical (unpaired) electrons. The van der Waals surface area contributed by atoms with Crippen LogP contribution in [0.15, 0.2) is 56.1 Å². The van der Waals surface area contributed by atoms with Crippen molar-refractivity contribution in [3.8, 4) is 0 Å². The second kappa shape index (κ2) is 6.44. The zero-order valence-electron chi connectivity index (χ0n) is 13.5. The molecule has 0 bridgehead atoms. The highest BCUT2D eigenvalue weighted by Gasteiger charge is 2.56. The SMILES string of the molecule is O=C1C2Sc3[nH]c(=O)sc3[C@H](c3cccs3)C2C(=O)N1c1ccc(Br)cc1. The molecule has 4 heterocycles. The van der Waals surface area contributed by atoms with Crippen LogP contribution in [-0.4, -0.2) is 22.0 Å². The first kappa shape index (κ1) is 17.4. The maximum absolute atomic E-state index is 13.4. The Hall–Kier alpha value is -1.68. The van der Waals surface area contributed by atoms with Crippen LogP contribution in [0.25, 0.3) is 0 Å². The summed E-state index contributed by atoms with van der Waals surface area (Å²) in [6.45, 7) is 0. The molecule has 5 nitrogen and oxygen atoms in total. The van der Waals surface area contributed by atoms with Gasteiger partial charge in [-0.15, -0.1) is 11.3 Å². The summed E-state index contributed by atoms with van der Waals surface area (Å²) < 4.78 is 0.883. The van der Waals surface area contributed by atoms with E-state index in [1.165, 1.54) is 16.7 Å². The highest BCUT2D eigenvalue weighted by atomic mass is 79.9. The Balaban J connectivity index is 1.64. The lowest BCUT2D eigenvalue weighted by molar-refractivity contribution is -0.122. The number of hydrogen-bond donors (Lipinski definition) is 1. The van der Waals surface area contributed by atoms with Crippen molar-refractivity contribution in [2.75, 3.05) is 4.90 Å². The summed E-state index contributed by atoms with van der Waals surface area (Å²) in [5, 5.41) is 2.13. The third-order valence-corrected chi connectivity index (χ3v) is 8.64. The Morgan fingerprint density at radius 1 is 1.04 bits per heavy atom. The number of carbonyl (C=O) groups excluding carboxylic acids is 2. The van der Waals surface area contributed by atoms with Gasteiger partial charge in [0.05, 0.1) is 16.6 Å². The minimum Gasteiger partial charge on any atom is -0.307 e. The fourth-order valence-corrected chi connectivity index (χ4v) is 7.36. The van der Waals surface area contributed by atoms with E-state index in [4.69, 9.17) is 0 Å². The number of aromatic amines is 1. The van der Waals surface area contributed by atoms with Crippen molar-refractivity contribution < 1.29 is 9.59 Å². The topological polar surface area (TPSA) is 70.2 Å². The normalized spacial score (nSPS) is 24.2. The third kappa shape index (κ3) is 2.67. The number of thioether (sulfide) groups is 1. The maximum atomic E-state index is 13.4. The number of benzene rings is 1. The highest BCUT2D eigenvalue weighted by Crippen LogP contribution is 2.53. The number of carbonyl (C=O) groups is 2. The van der Waals surface area contributed by atoms with Gasteiger partial charge in [0, 0.05) is 20.1 Å². The van der Waals surface area contributed by atoms with E-state index in [9.17, 15) is 14.4 Å². The summed E-state index contributed by atoms with van der Waals surface area (Å²) in [6, 6.07) is 11.1. The number of thiazole rings is 1. The molecule has 1 fully saturated rings. The van der Waals surface area contributed by atoms with E-state index < -0.39 is 11.2 Å². The van der Waals surface area contributed by atoms with Gasteiger partial charge in [0.15, 0.2) is 0 Å². The van der Waals surface area contributed by atoms with Crippen molar-refractivity contribution in [1.82, 2.24) is 4.98 Å². The number of halogens is 1. The van der Waals surface area contributed by atoms with E-state index in [1.54, 1.807) is 23.5 Å². The summed E-state index contributed by atoms with van der Waals surface area (Å²) in [6.07, 6.45) is 0.